The Balaban J connectivity index is 1.88. The predicted molar refractivity (Wildman–Crippen MR) is 107 cm³/mol. The fourth-order valence-electron chi connectivity index (χ4n) is 3.60. The van der Waals surface area contributed by atoms with E-state index in [-0.39, 0.29) is 5.91 Å². The number of para-hydroxylation sites is 1. The van der Waals surface area contributed by atoms with E-state index < -0.39 is 5.41 Å². The SMILES string of the molecule is Cc1c2c(nn1-c1ccccc1)-c1cccnc1N(C(=O)C(C)(C)C)CC2. The van der Waals surface area contributed by atoms with Crippen molar-refractivity contribution < 1.29 is 4.79 Å². The predicted octanol–water partition coefficient (Wildman–Crippen LogP) is 4.18. The van der Waals surface area contributed by atoms with Crippen molar-refractivity contribution in [2.75, 3.05) is 11.4 Å². The van der Waals surface area contributed by atoms with Gasteiger partial charge in [-0.25, -0.2) is 9.67 Å². The van der Waals surface area contributed by atoms with Crippen LogP contribution in [0, 0.1) is 12.3 Å². The maximum atomic E-state index is 13.0. The molecule has 1 amide bonds. The summed E-state index contributed by atoms with van der Waals surface area (Å²) >= 11 is 0. The number of aromatic nitrogens is 3. The van der Waals surface area contributed by atoms with Gasteiger partial charge in [-0.2, -0.15) is 5.10 Å². The van der Waals surface area contributed by atoms with Crippen molar-refractivity contribution >= 4 is 11.7 Å². The molecule has 0 atom stereocenters. The van der Waals surface area contributed by atoms with Crippen molar-refractivity contribution in [3.05, 3.63) is 59.9 Å². The third-order valence-electron chi connectivity index (χ3n) is 5.01. The van der Waals surface area contributed by atoms with Crippen molar-refractivity contribution in [3.63, 3.8) is 0 Å². The highest BCUT2D eigenvalue weighted by Crippen LogP contribution is 2.37. The highest BCUT2D eigenvalue weighted by Gasteiger charge is 2.34. The highest BCUT2D eigenvalue weighted by molar-refractivity contribution is 5.99. The Kier molecular flexibility index (Phi) is 4.10. The van der Waals surface area contributed by atoms with Gasteiger partial charge in [-0.3, -0.25) is 9.69 Å². The van der Waals surface area contributed by atoms with Gasteiger partial charge >= 0.3 is 0 Å². The van der Waals surface area contributed by atoms with Crippen LogP contribution >= 0.6 is 0 Å². The molecule has 3 aromatic rings. The molecule has 0 saturated carbocycles. The van der Waals surface area contributed by atoms with Crippen LogP contribution in [0.25, 0.3) is 16.9 Å². The number of fused-ring (bicyclic) bond motifs is 3. The van der Waals surface area contributed by atoms with E-state index in [4.69, 9.17) is 5.10 Å². The second-order valence-electron chi connectivity index (χ2n) is 7.99. The van der Waals surface area contributed by atoms with E-state index in [1.807, 2.05) is 60.7 Å². The Labute approximate surface area is 159 Å². The van der Waals surface area contributed by atoms with E-state index in [1.165, 1.54) is 5.56 Å². The molecular weight excluding hydrogens is 336 g/mol. The third kappa shape index (κ3) is 2.93. The lowest BCUT2D eigenvalue weighted by atomic mass is 9.94. The van der Waals surface area contributed by atoms with Crippen LogP contribution < -0.4 is 4.90 Å². The molecule has 138 valence electrons. The normalized spacial score (nSPS) is 13.7. The number of pyridine rings is 1. The molecule has 0 aliphatic carbocycles. The van der Waals surface area contributed by atoms with Gasteiger partial charge in [0.05, 0.1) is 11.4 Å². The van der Waals surface area contributed by atoms with Gasteiger partial charge in [0.2, 0.25) is 5.91 Å². The van der Waals surface area contributed by atoms with Gasteiger partial charge in [0, 0.05) is 35.0 Å². The lowest BCUT2D eigenvalue weighted by molar-refractivity contribution is -0.125. The standard InChI is InChI=1S/C22H24N4O/c1-15-17-12-14-25(21(27)22(2,3)4)20-18(11-8-13-23-20)19(17)24-26(15)16-9-6-5-7-10-16/h5-11,13H,12,14H2,1-4H3. The summed E-state index contributed by atoms with van der Waals surface area (Å²) in [5, 5.41) is 4.92. The molecule has 1 aromatic carbocycles. The summed E-state index contributed by atoms with van der Waals surface area (Å²) in [6.45, 7) is 8.54. The first-order valence-corrected chi connectivity index (χ1v) is 9.29. The van der Waals surface area contributed by atoms with Crippen LogP contribution in [0.2, 0.25) is 0 Å². The first kappa shape index (κ1) is 17.5. The second-order valence-corrected chi connectivity index (χ2v) is 7.99. The van der Waals surface area contributed by atoms with Crippen LogP contribution in [-0.2, 0) is 11.2 Å². The van der Waals surface area contributed by atoms with E-state index in [1.54, 1.807) is 6.20 Å². The summed E-state index contributed by atoms with van der Waals surface area (Å²) < 4.78 is 1.99. The molecule has 0 fully saturated rings. The van der Waals surface area contributed by atoms with Crippen molar-refractivity contribution in [1.82, 2.24) is 14.8 Å². The Morgan fingerprint density at radius 3 is 2.52 bits per heavy atom. The molecule has 1 aliphatic heterocycles. The molecule has 0 bridgehead atoms. The zero-order chi connectivity index (χ0) is 19.2. The smallest absolute Gasteiger partial charge is 0.233 e. The molecule has 5 heteroatoms. The molecule has 27 heavy (non-hydrogen) atoms. The molecular formula is C22H24N4O. The molecule has 4 rings (SSSR count). The molecule has 0 spiro atoms. The van der Waals surface area contributed by atoms with Gasteiger partial charge in [0.25, 0.3) is 0 Å². The Bertz CT molecular complexity index is 999. The summed E-state index contributed by atoms with van der Waals surface area (Å²) in [7, 11) is 0. The Morgan fingerprint density at radius 2 is 1.81 bits per heavy atom. The van der Waals surface area contributed by atoms with Gasteiger partial charge in [-0.1, -0.05) is 39.0 Å². The van der Waals surface area contributed by atoms with Crippen LogP contribution in [0.15, 0.2) is 48.7 Å². The number of nitrogens with zero attached hydrogens (tertiary/aromatic N) is 4. The number of rotatable bonds is 1. The molecule has 0 unspecified atom stereocenters. The van der Waals surface area contributed by atoms with Crippen LogP contribution in [0.3, 0.4) is 0 Å². The van der Waals surface area contributed by atoms with Gasteiger partial charge in [0.15, 0.2) is 0 Å². The monoisotopic (exact) mass is 360 g/mol. The number of hydrogen-bond acceptors (Lipinski definition) is 3. The molecule has 0 N–H and O–H groups in total. The highest BCUT2D eigenvalue weighted by atomic mass is 16.2. The maximum absolute atomic E-state index is 13.0. The quantitative estimate of drug-likeness (QED) is 0.654. The first-order chi connectivity index (χ1) is 12.9. The molecule has 0 saturated heterocycles. The van der Waals surface area contributed by atoms with Gasteiger partial charge < -0.3 is 0 Å². The summed E-state index contributed by atoms with van der Waals surface area (Å²) in [5.74, 6) is 0.787. The number of amides is 1. The Morgan fingerprint density at radius 1 is 1.07 bits per heavy atom. The summed E-state index contributed by atoms with van der Waals surface area (Å²) in [5.41, 5.74) is 4.70. The Hall–Kier alpha value is -2.95. The number of carbonyl (C=O) groups excluding carboxylic acids is 1. The first-order valence-electron chi connectivity index (χ1n) is 9.29. The van der Waals surface area contributed by atoms with E-state index in [9.17, 15) is 4.79 Å². The van der Waals surface area contributed by atoms with Gasteiger partial charge in [-0.15, -0.1) is 0 Å². The third-order valence-corrected chi connectivity index (χ3v) is 5.01. The van der Waals surface area contributed by atoms with Crippen molar-refractivity contribution in [3.8, 4) is 16.9 Å². The topological polar surface area (TPSA) is 51.0 Å². The lowest BCUT2D eigenvalue weighted by Gasteiger charge is -2.28. The van der Waals surface area contributed by atoms with Crippen molar-refractivity contribution in [2.45, 2.75) is 34.1 Å². The molecule has 2 aromatic heterocycles. The maximum Gasteiger partial charge on any atom is 0.233 e. The number of hydrogen-bond donors (Lipinski definition) is 0. The fraction of sp³-hybridized carbons (Fsp3) is 0.318. The summed E-state index contributed by atoms with van der Waals surface area (Å²) in [6, 6.07) is 14.1. The summed E-state index contributed by atoms with van der Waals surface area (Å²) in [6.07, 6.45) is 2.50. The van der Waals surface area contributed by atoms with Gasteiger partial charge in [0.1, 0.15) is 5.82 Å². The lowest BCUT2D eigenvalue weighted by Crippen LogP contribution is -2.41. The van der Waals surface area contributed by atoms with Crippen LogP contribution in [0.5, 0.6) is 0 Å². The van der Waals surface area contributed by atoms with Crippen molar-refractivity contribution in [1.29, 1.82) is 0 Å². The largest absolute Gasteiger partial charge is 0.295 e. The minimum absolute atomic E-state index is 0.0844. The molecule has 3 heterocycles. The van der Waals surface area contributed by atoms with E-state index in [0.29, 0.717) is 12.4 Å². The second kappa shape index (κ2) is 6.34. The molecule has 5 nitrogen and oxygen atoms in total. The van der Waals surface area contributed by atoms with Crippen molar-refractivity contribution in [2.24, 2.45) is 5.41 Å². The summed E-state index contributed by atoms with van der Waals surface area (Å²) in [4.78, 5) is 19.4. The van der Waals surface area contributed by atoms with Crippen LogP contribution in [0.1, 0.15) is 32.0 Å². The van der Waals surface area contributed by atoms with Crippen LogP contribution in [0.4, 0.5) is 5.82 Å². The van der Waals surface area contributed by atoms with E-state index in [2.05, 4.69) is 24.0 Å². The fourth-order valence-corrected chi connectivity index (χ4v) is 3.60. The average Bonchev–Trinajstić information content (AvgIpc) is 2.89. The zero-order valence-corrected chi connectivity index (χ0v) is 16.2. The van der Waals surface area contributed by atoms with E-state index in [0.717, 1.165) is 29.1 Å². The number of carbonyl (C=O) groups is 1. The number of benzene rings is 1. The zero-order valence-electron chi connectivity index (χ0n) is 16.2. The average molecular weight is 360 g/mol. The van der Waals surface area contributed by atoms with E-state index >= 15 is 0 Å². The van der Waals surface area contributed by atoms with Gasteiger partial charge in [-0.05, 0) is 37.6 Å². The molecule has 0 radical (unpaired) electrons. The van der Waals surface area contributed by atoms with Crippen LogP contribution in [-0.4, -0.2) is 27.2 Å². The minimum atomic E-state index is -0.463. The minimum Gasteiger partial charge on any atom is -0.295 e. The number of anilines is 1. The molecule has 1 aliphatic rings.